The van der Waals surface area contributed by atoms with Crippen molar-refractivity contribution in [3.8, 4) is 0 Å². The van der Waals surface area contributed by atoms with E-state index in [-0.39, 0.29) is 41.3 Å². The number of ether oxygens (including phenoxy) is 1. The molecule has 0 aliphatic rings. The van der Waals surface area contributed by atoms with Crippen LogP contribution in [0.15, 0.2) is 18.2 Å². The molecule has 1 N–H and O–H groups in total. The monoisotopic (exact) mass is 342 g/mol. The van der Waals surface area contributed by atoms with Crippen molar-refractivity contribution >= 4 is 29.2 Å². The number of hydrogen-bond acceptors (Lipinski definition) is 5. The van der Waals surface area contributed by atoms with Crippen molar-refractivity contribution in [3.63, 3.8) is 0 Å². The summed E-state index contributed by atoms with van der Waals surface area (Å²) >= 11 is 5.86. The maximum atomic E-state index is 11.9. The smallest absolute Gasteiger partial charge is 0.308 e. The lowest BCUT2D eigenvalue weighted by Crippen LogP contribution is -2.29. The Labute approximate surface area is 139 Å². The van der Waals surface area contributed by atoms with E-state index in [4.69, 9.17) is 16.3 Å². The average Bonchev–Trinajstić information content (AvgIpc) is 2.52. The topological polar surface area (TPSA) is 98.5 Å². The average molecular weight is 343 g/mol. The molecule has 7 nitrogen and oxygen atoms in total. The molecule has 0 saturated heterocycles. The number of carbonyl (C=O) groups excluding carboxylic acids is 2. The Kier molecular flexibility index (Phi) is 7.47. The van der Waals surface area contributed by atoms with Crippen LogP contribution in [-0.4, -0.2) is 30.0 Å². The van der Waals surface area contributed by atoms with Crippen LogP contribution in [0.5, 0.6) is 0 Å². The van der Waals surface area contributed by atoms with Crippen LogP contribution < -0.4 is 5.32 Å². The second-order valence-electron chi connectivity index (χ2n) is 4.86. The van der Waals surface area contributed by atoms with Gasteiger partial charge in [-0.05, 0) is 18.9 Å². The molecule has 126 valence electrons. The van der Waals surface area contributed by atoms with Gasteiger partial charge in [0.15, 0.2) is 0 Å². The maximum absolute atomic E-state index is 11.9. The van der Waals surface area contributed by atoms with Gasteiger partial charge < -0.3 is 10.1 Å². The highest BCUT2D eigenvalue weighted by Gasteiger charge is 2.16. The number of nitrogens with one attached hydrogen (secondary N) is 1. The minimum Gasteiger partial charge on any atom is -0.464 e. The molecule has 0 saturated carbocycles. The number of non-ortho nitro benzene ring substituents is 1. The molecule has 1 aromatic carbocycles. The van der Waals surface area contributed by atoms with Crippen LogP contribution in [0.3, 0.4) is 0 Å². The number of nitrogens with zero attached hydrogens (tertiary/aromatic N) is 1. The zero-order valence-corrected chi connectivity index (χ0v) is 13.8. The van der Waals surface area contributed by atoms with E-state index in [2.05, 4.69) is 5.32 Å². The number of rotatable bonds is 8. The highest BCUT2D eigenvalue weighted by molar-refractivity contribution is 6.34. The van der Waals surface area contributed by atoms with Gasteiger partial charge in [0.1, 0.15) is 6.61 Å². The normalized spacial score (nSPS) is 10.4. The predicted octanol–water partition coefficient (Wildman–Crippen LogP) is 2.96. The summed E-state index contributed by atoms with van der Waals surface area (Å²) < 4.78 is 5.08. The fraction of sp³-hybridized carbons (Fsp3) is 0.467. The molecule has 8 heteroatoms. The molecule has 0 spiro atoms. The van der Waals surface area contributed by atoms with Crippen molar-refractivity contribution in [1.82, 2.24) is 5.32 Å². The second-order valence-corrected chi connectivity index (χ2v) is 5.27. The molecule has 0 unspecified atom stereocenters. The van der Waals surface area contributed by atoms with Gasteiger partial charge in [-0.25, -0.2) is 0 Å². The van der Waals surface area contributed by atoms with Crippen molar-refractivity contribution in [2.75, 3.05) is 13.2 Å². The summed E-state index contributed by atoms with van der Waals surface area (Å²) in [4.78, 5) is 33.6. The predicted molar refractivity (Wildman–Crippen MR) is 85.5 cm³/mol. The zero-order valence-electron chi connectivity index (χ0n) is 13.0. The van der Waals surface area contributed by atoms with Gasteiger partial charge in [-0.1, -0.05) is 25.4 Å². The fourth-order valence-corrected chi connectivity index (χ4v) is 2.21. The van der Waals surface area contributed by atoms with E-state index < -0.39 is 10.8 Å². The summed E-state index contributed by atoms with van der Waals surface area (Å²) in [7, 11) is 0. The van der Waals surface area contributed by atoms with Crippen LogP contribution in [0.4, 0.5) is 5.69 Å². The Balaban J connectivity index is 2.49. The lowest BCUT2D eigenvalue weighted by Gasteiger charge is -2.12. The number of esters is 1. The van der Waals surface area contributed by atoms with Crippen molar-refractivity contribution < 1.29 is 19.2 Å². The van der Waals surface area contributed by atoms with E-state index in [0.29, 0.717) is 12.8 Å². The van der Waals surface area contributed by atoms with Crippen LogP contribution in [0, 0.1) is 16.0 Å². The quantitative estimate of drug-likeness (QED) is 0.339. The molecule has 0 heterocycles. The summed E-state index contributed by atoms with van der Waals surface area (Å²) in [6, 6.07) is 3.60. The highest BCUT2D eigenvalue weighted by Crippen LogP contribution is 2.22. The van der Waals surface area contributed by atoms with Gasteiger partial charge in [-0.3, -0.25) is 19.7 Å². The summed E-state index contributed by atoms with van der Waals surface area (Å²) in [6.45, 7) is 4.02. The van der Waals surface area contributed by atoms with E-state index in [0.717, 1.165) is 6.07 Å². The molecule has 0 radical (unpaired) electrons. The molecule has 1 aromatic rings. The Morgan fingerprint density at radius 1 is 1.35 bits per heavy atom. The molecule has 23 heavy (non-hydrogen) atoms. The molecule has 1 rings (SSSR count). The van der Waals surface area contributed by atoms with Crippen molar-refractivity contribution in [1.29, 1.82) is 0 Å². The SMILES string of the molecule is CCC(CC)C(=O)OCCNC(=O)c1ccc([N+](=O)[O-])cc1Cl. The number of nitro benzene ring substituents is 1. The summed E-state index contributed by atoms with van der Waals surface area (Å²) in [5, 5.41) is 13.2. The van der Waals surface area contributed by atoms with Crippen LogP contribution in [0.2, 0.25) is 5.02 Å². The maximum Gasteiger partial charge on any atom is 0.308 e. The zero-order chi connectivity index (χ0) is 17.4. The van der Waals surface area contributed by atoms with Crippen LogP contribution in [0.1, 0.15) is 37.0 Å². The standard InChI is InChI=1S/C15H19ClN2O5/c1-3-10(4-2)15(20)23-8-7-17-14(19)12-6-5-11(18(21)22)9-13(12)16/h5-6,9-10H,3-4,7-8H2,1-2H3,(H,17,19). The first-order valence-corrected chi connectivity index (χ1v) is 7.67. The Morgan fingerprint density at radius 3 is 2.52 bits per heavy atom. The van der Waals surface area contributed by atoms with Gasteiger partial charge in [0, 0.05) is 12.1 Å². The van der Waals surface area contributed by atoms with Crippen LogP contribution >= 0.6 is 11.6 Å². The second kappa shape index (κ2) is 9.09. The molecule has 0 aliphatic carbocycles. The lowest BCUT2D eigenvalue weighted by molar-refractivity contribution is -0.384. The number of hydrogen-bond donors (Lipinski definition) is 1. The molecular weight excluding hydrogens is 324 g/mol. The molecular formula is C15H19ClN2O5. The highest BCUT2D eigenvalue weighted by atomic mass is 35.5. The number of benzene rings is 1. The Morgan fingerprint density at radius 2 is 2.00 bits per heavy atom. The van der Waals surface area contributed by atoms with E-state index in [1.165, 1.54) is 12.1 Å². The summed E-state index contributed by atoms with van der Waals surface area (Å²) in [5.41, 5.74) is -0.0609. The van der Waals surface area contributed by atoms with Gasteiger partial charge in [0.2, 0.25) is 0 Å². The Hall–Kier alpha value is -2.15. The fourth-order valence-electron chi connectivity index (χ4n) is 1.95. The Bertz CT molecular complexity index is 587. The van der Waals surface area contributed by atoms with Gasteiger partial charge in [0.25, 0.3) is 11.6 Å². The third-order valence-corrected chi connectivity index (χ3v) is 3.67. The van der Waals surface area contributed by atoms with Crippen molar-refractivity contribution in [3.05, 3.63) is 38.9 Å². The molecule has 0 aliphatic heterocycles. The van der Waals surface area contributed by atoms with Crippen LogP contribution in [0.25, 0.3) is 0 Å². The first-order valence-electron chi connectivity index (χ1n) is 7.29. The number of halogens is 1. The van der Waals surface area contributed by atoms with Gasteiger partial charge in [-0.2, -0.15) is 0 Å². The van der Waals surface area contributed by atoms with Gasteiger partial charge in [-0.15, -0.1) is 0 Å². The molecule has 0 aromatic heterocycles. The van der Waals surface area contributed by atoms with Crippen molar-refractivity contribution in [2.45, 2.75) is 26.7 Å². The summed E-state index contributed by atoms with van der Waals surface area (Å²) in [5.74, 6) is -0.893. The third kappa shape index (κ3) is 5.52. The van der Waals surface area contributed by atoms with E-state index in [1.54, 1.807) is 0 Å². The largest absolute Gasteiger partial charge is 0.464 e. The molecule has 0 atom stereocenters. The minimum atomic E-state index is -0.592. The minimum absolute atomic E-state index is 0.00859. The summed E-state index contributed by atoms with van der Waals surface area (Å²) in [6.07, 6.45) is 1.42. The number of nitro groups is 1. The number of carbonyl (C=O) groups is 2. The number of amides is 1. The molecule has 0 fully saturated rings. The van der Waals surface area contributed by atoms with Gasteiger partial charge in [0.05, 0.1) is 28.0 Å². The van der Waals surface area contributed by atoms with E-state index >= 15 is 0 Å². The van der Waals surface area contributed by atoms with E-state index in [1.807, 2.05) is 13.8 Å². The van der Waals surface area contributed by atoms with E-state index in [9.17, 15) is 19.7 Å². The van der Waals surface area contributed by atoms with Gasteiger partial charge >= 0.3 is 5.97 Å². The first kappa shape index (κ1) is 18.9. The lowest BCUT2D eigenvalue weighted by atomic mass is 10.0. The molecule has 0 bridgehead atoms. The molecule has 1 amide bonds. The first-order chi connectivity index (χ1) is 10.9. The van der Waals surface area contributed by atoms with Crippen molar-refractivity contribution in [2.24, 2.45) is 5.92 Å². The third-order valence-electron chi connectivity index (χ3n) is 3.36. The van der Waals surface area contributed by atoms with Crippen LogP contribution in [-0.2, 0) is 9.53 Å².